The molecule has 6 atom stereocenters. The van der Waals surface area contributed by atoms with E-state index in [4.69, 9.17) is 19.2 Å². The van der Waals surface area contributed by atoms with Crippen molar-refractivity contribution in [2.75, 3.05) is 13.7 Å². The van der Waals surface area contributed by atoms with Crippen molar-refractivity contribution < 1.29 is 37.0 Å². The van der Waals surface area contributed by atoms with E-state index < -0.39 is 44.3 Å². The van der Waals surface area contributed by atoms with Gasteiger partial charge in [-0.05, 0) is 107 Å². The molecule has 3 amide bonds. The van der Waals surface area contributed by atoms with Gasteiger partial charge >= 0.3 is 0 Å². The van der Waals surface area contributed by atoms with Crippen LogP contribution in [0.15, 0.2) is 60.7 Å². The van der Waals surface area contributed by atoms with E-state index in [1.807, 2.05) is 81.5 Å². The largest absolute Gasteiger partial charge is 0.497 e. The molecule has 2 N–H and O–H groups in total. The molecule has 13 heteroatoms. The summed E-state index contributed by atoms with van der Waals surface area (Å²) in [5.74, 6) is 0.613. The number of hydrogen-bond acceptors (Lipinski definition) is 9. The average Bonchev–Trinajstić information content (AvgIpc) is 4.07. The van der Waals surface area contributed by atoms with E-state index in [1.54, 1.807) is 12.0 Å². The number of fused-ring (bicyclic) bond motifs is 3. The lowest BCUT2D eigenvalue weighted by atomic mass is 9.91. The quantitative estimate of drug-likeness (QED) is 0.213. The molecule has 3 heterocycles. The van der Waals surface area contributed by atoms with Crippen LogP contribution in [0.4, 0.5) is 0 Å². The standard InChI is InChI=1S/C44H56N4O8S/c1-7-43(18-19-43)57(52,53)47-42(51)44-25-31(44)11-9-8-10-28(4)20-29(5)21-40(49)48-26-34(23-38(48)41(50)46-44)56-39-24-36(30-12-14-32(15-13-30)55-27(2)3)45-37-22-33(54-6)16-17-35(37)39/h9,11-17,22,24,27-29,31,34,38H,7-8,10,18-21,23,25-26H2,1-6H3,(H,46,50)(H,47,51)/b11-9-/t28-,29-,31-,34-,38?,44-/m1/s1. The highest BCUT2D eigenvalue weighted by Gasteiger charge is 2.63. The van der Waals surface area contributed by atoms with Crippen LogP contribution in [-0.4, -0.2) is 78.2 Å². The molecule has 3 fully saturated rings. The van der Waals surface area contributed by atoms with Crippen LogP contribution in [-0.2, 0) is 24.4 Å². The first-order valence-electron chi connectivity index (χ1n) is 20.4. The minimum atomic E-state index is -3.96. The number of nitrogens with one attached hydrogen (secondary N) is 2. The smallest absolute Gasteiger partial charge is 0.259 e. The number of aromatic nitrogens is 1. The molecule has 0 radical (unpaired) electrons. The van der Waals surface area contributed by atoms with Crippen molar-refractivity contribution in [1.82, 2.24) is 19.9 Å². The molecule has 4 aliphatic rings. The maximum Gasteiger partial charge on any atom is 0.259 e. The van der Waals surface area contributed by atoms with Crippen molar-refractivity contribution in [2.24, 2.45) is 17.8 Å². The molecular weight excluding hydrogens is 745 g/mol. The monoisotopic (exact) mass is 800 g/mol. The normalized spacial score (nSPS) is 28.0. The average molecular weight is 801 g/mol. The van der Waals surface area contributed by atoms with Gasteiger partial charge in [-0.1, -0.05) is 32.9 Å². The highest BCUT2D eigenvalue weighted by Crippen LogP contribution is 2.49. The fraction of sp³-hybridized carbons (Fsp3) is 0.545. The maximum absolute atomic E-state index is 14.5. The molecule has 2 aliphatic heterocycles. The number of pyridine rings is 1. The predicted octanol–water partition coefficient (Wildman–Crippen LogP) is 6.71. The van der Waals surface area contributed by atoms with Crippen molar-refractivity contribution in [3.8, 4) is 28.5 Å². The summed E-state index contributed by atoms with van der Waals surface area (Å²) in [6, 6.07) is 14.2. The molecule has 1 saturated heterocycles. The van der Waals surface area contributed by atoms with Crippen molar-refractivity contribution in [3.63, 3.8) is 0 Å². The lowest BCUT2D eigenvalue weighted by Gasteiger charge is -2.28. The van der Waals surface area contributed by atoms with Gasteiger partial charge in [0.1, 0.15) is 34.9 Å². The van der Waals surface area contributed by atoms with Crippen LogP contribution in [0.1, 0.15) is 92.4 Å². The van der Waals surface area contributed by atoms with Crippen LogP contribution in [0.25, 0.3) is 22.2 Å². The van der Waals surface area contributed by atoms with Crippen LogP contribution in [0.2, 0.25) is 0 Å². The van der Waals surface area contributed by atoms with Gasteiger partial charge in [0.05, 0.1) is 35.7 Å². The van der Waals surface area contributed by atoms with Crippen molar-refractivity contribution in [1.29, 1.82) is 0 Å². The minimum absolute atomic E-state index is 0.0329. The van der Waals surface area contributed by atoms with E-state index in [-0.39, 0.29) is 49.7 Å². The summed E-state index contributed by atoms with van der Waals surface area (Å²) < 4.78 is 46.3. The lowest BCUT2D eigenvalue weighted by molar-refractivity contribution is -0.140. The van der Waals surface area contributed by atoms with Crippen molar-refractivity contribution in [2.45, 2.75) is 121 Å². The van der Waals surface area contributed by atoms with E-state index in [9.17, 15) is 22.8 Å². The van der Waals surface area contributed by atoms with Gasteiger partial charge in [0.2, 0.25) is 21.8 Å². The van der Waals surface area contributed by atoms with Crippen molar-refractivity contribution in [3.05, 3.63) is 60.7 Å². The minimum Gasteiger partial charge on any atom is -0.497 e. The second kappa shape index (κ2) is 15.9. The Morgan fingerprint density at radius 3 is 2.46 bits per heavy atom. The van der Waals surface area contributed by atoms with Gasteiger partial charge in [0.25, 0.3) is 5.91 Å². The molecule has 2 aromatic carbocycles. The number of allylic oxidation sites excluding steroid dienone is 1. The summed E-state index contributed by atoms with van der Waals surface area (Å²) in [5.41, 5.74) is 0.726. The third-order valence-corrected chi connectivity index (χ3v) is 14.5. The summed E-state index contributed by atoms with van der Waals surface area (Å²) in [7, 11) is -2.36. The van der Waals surface area contributed by atoms with Crippen LogP contribution in [0.3, 0.4) is 0 Å². The maximum atomic E-state index is 14.5. The molecule has 2 saturated carbocycles. The zero-order valence-corrected chi connectivity index (χ0v) is 34.7. The Morgan fingerprint density at radius 2 is 1.77 bits per heavy atom. The number of sulfonamides is 1. The highest BCUT2D eigenvalue weighted by atomic mass is 32.2. The topological polar surface area (TPSA) is 153 Å². The summed E-state index contributed by atoms with van der Waals surface area (Å²) in [4.78, 5) is 49.1. The molecule has 306 valence electrons. The molecule has 2 aliphatic carbocycles. The molecule has 57 heavy (non-hydrogen) atoms. The second-order valence-corrected chi connectivity index (χ2v) is 19.1. The Morgan fingerprint density at radius 1 is 1.04 bits per heavy atom. The first kappa shape index (κ1) is 40.5. The summed E-state index contributed by atoms with van der Waals surface area (Å²) in [5, 5.41) is 3.73. The predicted molar refractivity (Wildman–Crippen MR) is 218 cm³/mol. The van der Waals surface area contributed by atoms with E-state index in [1.165, 1.54) is 0 Å². The molecule has 1 unspecified atom stereocenters. The third-order valence-electron chi connectivity index (χ3n) is 12.2. The van der Waals surface area contributed by atoms with Crippen LogP contribution >= 0.6 is 0 Å². The van der Waals surface area contributed by atoms with Gasteiger partial charge in [-0.25, -0.2) is 13.4 Å². The highest BCUT2D eigenvalue weighted by molar-refractivity contribution is 7.91. The number of ether oxygens (including phenoxy) is 3. The van der Waals surface area contributed by atoms with Gasteiger partial charge < -0.3 is 24.4 Å². The Bertz CT molecular complexity index is 2150. The second-order valence-electron chi connectivity index (χ2n) is 17.0. The van der Waals surface area contributed by atoms with Gasteiger partial charge in [-0.15, -0.1) is 0 Å². The molecule has 12 nitrogen and oxygen atoms in total. The number of methoxy groups -OCH3 is 1. The third kappa shape index (κ3) is 8.49. The molecule has 1 aromatic heterocycles. The number of carbonyl (C=O) groups is 3. The summed E-state index contributed by atoms with van der Waals surface area (Å²) >= 11 is 0. The Balaban J connectivity index is 1.19. The van der Waals surface area contributed by atoms with Crippen LogP contribution < -0.4 is 24.2 Å². The van der Waals surface area contributed by atoms with E-state index >= 15 is 0 Å². The van der Waals surface area contributed by atoms with E-state index in [0.717, 1.165) is 36.0 Å². The van der Waals surface area contributed by atoms with Gasteiger partial charge in [0, 0.05) is 41.8 Å². The molecule has 3 aromatic rings. The van der Waals surface area contributed by atoms with Crippen molar-refractivity contribution >= 4 is 38.6 Å². The fourth-order valence-electron chi connectivity index (χ4n) is 8.61. The van der Waals surface area contributed by atoms with E-state index in [0.29, 0.717) is 47.9 Å². The Kier molecular flexibility index (Phi) is 11.3. The molecule has 7 rings (SSSR count). The Hall–Kier alpha value is -4.65. The molecule has 0 spiro atoms. The van der Waals surface area contributed by atoms with E-state index in [2.05, 4.69) is 23.9 Å². The van der Waals surface area contributed by atoms with Gasteiger partial charge in [-0.3, -0.25) is 19.1 Å². The number of hydrogen-bond donors (Lipinski definition) is 2. The number of rotatable bonds is 10. The van der Waals surface area contributed by atoms with Crippen LogP contribution in [0, 0.1) is 17.8 Å². The SMILES string of the molecule is CCC1(S(=O)(=O)NC(=O)[C@@]23C[C@H]2/C=C\CC[C@@H](C)C[C@@H](C)CC(=O)N2C[C@H](Oc4cc(-c5ccc(OC(C)C)cc5)nc5cc(OC)ccc45)CC2C(=O)N3)CC1. The van der Waals surface area contributed by atoms with Gasteiger partial charge in [0.15, 0.2) is 0 Å². The number of benzene rings is 2. The summed E-state index contributed by atoms with van der Waals surface area (Å²) in [6.45, 7) is 10.2. The van der Waals surface area contributed by atoms with Gasteiger partial charge in [-0.2, -0.15) is 0 Å². The zero-order valence-electron chi connectivity index (χ0n) is 33.9. The first-order chi connectivity index (χ1) is 27.2. The Labute approximate surface area is 336 Å². The molecule has 0 bridgehead atoms. The zero-order chi connectivity index (χ0) is 40.7. The first-order valence-corrected chi connectivity index (χ1v) is 21.9. The number of nitrogens with zero attached hydrogens (tertiary/aromatic N) is 2. The molecular formula is C44H56N4O8S. The fourth-order valence-corrected chi connectivity index (χ4v) is 10.3. The summed E-state index contributed by atoms with van der Waals surface area (Å²) in [6.07, 6.45) is 8.07. The van der Waals surface area contributed by atoms with Crippen LogP contribution in [0.5, 0.6) is 17.2 Å². The lowest BCUT2D eigenvalue weighted by Crippen LogP contribution is -2.57. The number of carbonyl (C=O) groups excluding carboxylic acids is 3. The number of amides is 3.